The van der Waals surface area contributed by atoms with Crippen molar-refractivity contribution < 1.29 is 0 Å². The topological polar surface area (TPSA) is 3.24 Å². The van der Waals surface area contributed by atoms with E-state index in [2.05, 4.69) is 73.6 Å². The average molecular weight is 279 g/mol. The molecule has 0 heterocycles. The van der Waals surface area contributed by atoms with Crippen LogP contribution in [0, 0.1) is 5.92 Å². The van der Waals surface area contributed by atoms with E-state index in [-0.39, 0.29) is 0 Å². The summed E-state index contributed by atoms with van der Waals surface area (Å²) in [4.78, 5) is 2.31. The van der Waals surface area contributed by atoms with Gasteiger partial charge in [-0.3, -0.25) is 0 Å². The molecule has 0 amide bonds. The minimum absolute atomic E-state index is 0.566. The first-order valence-electron chi connectivity index (χ1n) is 8.03. The fraction of sp³-hybridized carbons (Fsp3) is 0.400. The van der Waals surface area contributed by atoms with Gasteiger partial charge in [-0.1, -0.05) is 54.6 Å². The van der Waals surface area contributed by atoms with E-state index in [1.54, 1.807) is 11.1 Å². The summed E-state index contributed by atoms with van der Waals surface area (Å²) in [5, 5.41) is 0. The van der Waals surface area contributed by atoms with Crippen LogP contribution in [0.3, 0.4) is 0 Å². The zero-order valence-electron chi connectivity index (χ0n) is 13.1. The van der Waals surface area contributed by atoms with Crippen molar-refractivity contribution in [3.8, 4) is 0 Å². The second-order valence-electron chi connectivity index (χ2n) is 6.48. The molecule has 0 radical (unpaired) electrons. The Morgan fingerprint density at radius 1 is 0.952 bits per heavy atom. The molecule has 3 rings (SSSR count). The lowest BCUT2D eigenvalue weighted by molar-refractivity contribution is 0.311. The molecule has 0 spiro atoms. The Labute approximate surface area is 128 Å². The monoisotopic (exact) mass is 279 g/mol. The molecule has 2 aromatic rings. The predicted molar refractivity (Wildman–Crippen MR) is 89.7 cm³/mol. The molecular weight excluding hydrogens is 254 g/mol. The van der Waals surface area contributed by atoms with Gasteiger partial charge < -0.3 is 4.90 Å². The van der Waals surface area contributed by atoms with Crippen LogP contribution in [0.1, 0.15) is 35.4 Å². The summed E-state index contributed by atoms with van der Waals surface area (Å²) in [7, 11) is 4.35. The number of benzene rings is 2. The van der Waals surface area contributed by atoms with Gasteiger partial charge in [0.1, 0.15) is 0 Å². The molecule has 0 saturated carbocycles. The molecule has 0 aliphatic heterocycles. The Balaban J connectivity index is 1.95. The summed E-state index contributed by atoms with van der Waals surface area (Å²) < 4.78 is 0. The van der Waals surface area contributed by atoms with Crippen LogP contribution in [0.2, 0.25) is 0 Å². The molecule has 0 aromatic heterocycles. The maximum absolute atomic E-state index is 2.34. The van der Waals surface area contributed by atoms with Gasteiger partial charge >= 0.3 is 0 Å². The summed E-state index contributed by atoms with van der Waals surface area (Å²) in [5.74, 6) is 1.32. The van der Waals surface area contributed by atoms with Crippen molar-refractivity contribution in [3.63, 3.8) is 0 Å². The molecule has 0 fully saturated rings. The van der Waals surface area contributed by atoms with Crippen molar-refractivity contribution in [2.45, 2.75) is 25.2 Å². The minimum Gasteiger partial charge on any atom is -0.309 e. The Morgan fingerprint density at radius 3 is 2.43 bits per heavy atom. The standard InChI is InChI=1S/C20H25N/c1-21(2)15-14-18-13-12-16-8-6-7-11-19(16)20(18)17-9-4-3-5-10-17/h3-11,18,20H,12-15H2,1-2H3. The number of rotatable bonds is 4. The van der Waals surface area contributed by atoms with E-state index in [9.17, 15) is 0 Å². The van der Waals surface area contributed by atoms with E-state index in [4.69, 9.17) is 0 Å². The second kappa shape index (κ2) is 6.44. The van der Waals surface area contributed by atoms with Crippen LogP contribution < -0.4 is 0 Å². The lowest BCUT2D eigenvalue weighted by Crippen LogP contribution is -2.25. The molecule has 2 atom stereocenters. The highest BCUT2D eigenvalue weighted by Crippen LogP contribution is 2.42. The van der Waals surface area contributed by atoms with Gasteiger partial charge in [0.15, 0.2) is 0 Å². The molecule has 2 aromatic carbocycles. The molecule has 0 bridgehead atoms. The predicted octanol–water partition coefficient (Wildman–Crippen LogP) is 4.33. The highest BCUT2D eigenvalue weighted by Gasteiger charge is 2.30. The van der Waals surface area contributed by atoms with E-state index in [1.807, 2.05) is 0 Å². The van der Waals surface area contributed by atoms with Crippen LogP contribution in [-0.2, 0) is 6.42 Å². The molecule has 0 N–H and O–H groups in total. The van der Waals surface area contributed by atoms with Crippen molar-refractivity contribution in [1.29, 1.82) is 0 Å². The van der Waals surface area contributed by atoms with E-state index in [0.29, 0.717) is 5.92 Å². The quantitative estimate of drug-likeness (QED) is 0.805. The zero-order valence-corrected chi connectivity index (χ0v) is 13.1. The molecule has 2 unspecified atom stereocenters. The SMILES string of the molecule is CN(C)CCC1CCc2ccccc2C1c1ccccc1. The number of fused-ring (bicyclic) bond motifs is 1. The number of hydrogen-bond acceptors (Lipinski definition) is 1. The number of nitrogens with zero attached hydrogens (tertiary/aromatic N) is 1. The van der Waals surface area contributed by atoms with Crippen LogP contribution in [0.4, 0.5) is 0 Å². The molecule has 1 aliphatic carbocycles. The van der Waals surface area contributed by atoms with Gasteiger partial charge in [0, 0.05) is 5.92 Å². The summed E-state index contributed by atoms with van der Waals surface area (Å²) in [6.45, 7) is 1.18. The number of aryl methyl sites for hydroxylation is 1. The maximum atomic E-state index is 2.34. The van der Waals surface area contributed by atoms with Crippen molar-refractivity contribution in [1.82, 2.24) is 4.90 Å². The van der Waals surface area contributed by atoms with E-state index < -0.39 is 0 Å². The Bertz CT molecular complexity index is 573. The van der Waals surface area contributed by atoms with Crippen LogP contribution in [0.25, 0.3) is 0 Å². The van der Waals surface area contributed by atoms with Crippen molar-refractivity contribution in [2.24, 2.45) is 5.92 Å². The summed E-state index contributed by atoms with van der Waals surface area (Å²) in [6.07, 6.45) is 3.82. The maximum Gasteiger partial charge on any atom is 0.0121 e. The van der Waals surface area contributed by atoms with Gasteiger partial charge in [0.05, 0.1) is 0 Å². The third kappa shape index (κ3) is 3.19. The van der Waals surface area contributed by atoms with E-state index in [1.165, 1.54) is 31.4 Å². The first-order valence-corrected chi connectivity index (χ1v) is 8.03. The summed E-state index contributed by atoms with van der Waals surface area (Å²) in [6, 6.07) is 20.1. The normalized spacial score (nSPS) is 21.3. The van der Waals surface area contributed by atoms with Gasteiger partial charge in [-0.2, -0.15) is 0 Å². The fourth-order valence-electron chi connectivity index (χ4n) is 3.67. The van der Waals surface area contributed by atoms with E-state index in [0.717, 1.165) is 5.92 Å². The molecular formula is C20H25N. The molecule has 21 heavy (non-hydrogen) atoms. The second-order valence-corrected chi connectivity index (χ2v) is 6.48. The van der Waals surface area contributed by atoms with Crippen molar-refractivity contribution >= 4 is 0 Å². The lowest BCUT2D eigenvalue weighted by atomic mass is 9.70. The van der Waals surface area contributed by atoms with Crippen LogP contribution >= 0.6 is 0 Å². The fourth-order valence-corrected chi connectivity index (χ4v) is 3.67. The molecule has 1 heteroatoms. The molecule has 1 nitrogen and oxygen atoms in total. The third-order valence-electron chi connectivity index (χ3n) is 4.75. The van der Waals surface area contributed by atoms with Gasteiger partial charge in [-0.05, 0) is 62.5 Å². The van der Waals surface area contributed by atoms with Gasteiger partial charge in [-0.25, -0.2) is 0 Å². The largest absolute Gasteiger partial charge is 0.309 e. The lowest BCUT2D eigenvalue weighted by Gasteiger charge is -2.35. The smallest absolute Gasteiger partial charge is 0.0121 e. The van der Waals surface area contributed by atoms with E-state index >= 15 is 0 Å². The number of hydrogen-bond donors (Lipinski definition) is 0. The van der Waals surface area contributed by atoms with Crippen molar-refractivity contribution in [2.75, 3.05) is 20.6 Å². The average Bonchev–Trinajstić information content (AvgIpc) is 2.53. The summed E-state index contributed by atoms with van der Waals surface area (Å²) in [5.41, 5.74) is 4.58. The van der Waals surface area contributed by atoms with Gasteiger partial charge in [-0.15, -0.1) is 0 Å². The first kappa shape index (κ1) is 14.3. The highest BCUT2D eigenvalue weighted by molar-refractivity contribution is 5.40. The highest BCUT2D eigenvalue weighted by atomic mass is 15.0. The Morgan fingerprint density at radius 2 is 1.67 bits per heavy atom. The zero-order chi connectivity index (χ0) is 14.7. The summed E-state index contributed by atoms with van der Waals surface area (Å²) >= 11 is 0. The van der Waals surface area contributed by atoms with Crippen molar-refractivity contribution in [3.05, 3.63) is 71.3 Å². The third-order valence-corrected chi connectivity index (χ3v) is 4.75. The van der Waals surface area contributed by atoms with Crippen LogP contribution in [-0.4, -0.2) is 25.5 Å². The van der Waals surface area contributed by atoms with Gasteiger partial charge in [0.25, 0.3) is 0 Å². The van der Waals surface area contributed by atoms with Crippen LogP contribution in [0.15, 0.2) is 54.6 Å². The first-order chi connectivity index (χ1) is 10.3. The van der Waals surface area contributed by atoms with Crippen LogP contribution in [0.5, 0.6) is 0 Å². The molecule has 0 saturated heterocycles. The van der Waals surface area contributed by atoms with Gasteiger partial charge in [0.2, 0.25) is 0 Å². The minimum atomic E-state index is 0.566. The molecule has 1 aliphatic rings. The Kier molecular flexibility index (Phi) is 4.40. The Hall–Kier alpha value is -1.60. The molecule has 110 valence electrons.